The summed E-state index contributed by atoms with van der Waals surface area (Å²) in [6.07, 6.45) is 0.301. The molecule has 2 rings (SSSR count). The zero-order valence-electron chi connectivity index (χ0n) is 14.4. The van der Waals surface area contributed by atoms with Crippen LogP contribution >= 0.6 is 0 Å². The lowest BCUT2D eigenvalue weighted by molar-refractivity contribution is -0.119. The molecule has 0 aliphatic heterocycles. The van der Waals surface area contributed by atoms with Gasteiger partial charge in [-0.05, 0) is 29.8 Å². The molecule has 26 heavy (non-hydrogen) atoms. The van der Waals surface area contributed by atoms with E-state index in [0.29, 0.717) is 23.6 Å². The Balaban J connectivity index is 1.92. The number of hydrogen-bond acceptors (Lipinski definition) is 6. The second-order valence-electron chi connectivity index (χ2n) is 5.22. The molecule has 0 bridgehead atoms. The van der Waals surface area contributed by atoms with Crippen molar-refractivity contribution in [1.82, 2.24) is 0 Å². The molecular weight excluding hydrogens is 336 g/mol. The second kappa shape index (κ2) is 9.08. The van der Waals surface area contributed by atoms with Crippen LogP contribution in [0.25, 0.3) is 0 Å². The molecule has 0 spiro atoms. The van der Waals surface area contributed by atoms with Crippen LogP contribution in [-0.2, 0) is 16.0 Å². The zero-order chi connectivity index (χ0) is 18.9. The van der Waals surface area contributed by atoms with E-state index in [4.69, 9.17) is 19.5 Å². The molecule has 0 heterocycles. The first kappa shape index (κ1) is 18.8. The van der Waals surface area contributed by atoms with Crippen LogP contribution in [0.2, 0.25) is 0 Å². The maximum Gasteiger partial charge on any atom is 0.342 e. The maximum absolute atomic E-state index is 12.1. The molecule has 0 saturated heterocycles. The molecule has 0 fully saturated rings. The van der Waals surface area contributed by atoms with Crippen molar-refractivity contribution in [2.24, 2.45) is 0 Å². The average molecular weight is 354 g/mol. The van der Waals surface area contributed by atoms with E-state index in [1.54, 1.807) is 36.4 Å². The summed E-state index contributed by atoms with van der Waals surface area (Å²) in [5, 5.41) is 11.2. The first-order valence-electron chi connectivity index (χ1n) is 7.72. The summed E-state index contributed by atoms with van der Waals surface area (Å²) in [4.78, 5) is 24.1. The number of nitrogens with zero attached hydrogens (tertiary/aromatic N) is 1. The van der Waals surface area contributed by atoms with E-state index in [2.05, 4.69) is 5.32 Å². The minimum atomic E-state index is -0.677. The molecule has 2 aromatic rings. The van der Waals surface area contributed by atoms with Crippen LogP contribution in [0.4, 0.5) is 5.69 Å². The number of carbonyl (C=O) groups excluding carboxylic acids is 2. The van der Waals surface area contributed by atoms with Gasteiger partial charge in [-0.15, -0.1) is 0 Å². The van der Waals surface area contributed by atoms with Gasteiger partial charge in [-0.3, -0.25) is 4.79 Å². The number of hydrogen-bond donors (Lipinski definition) is 1. The van der Waals surface area contributed by atoms with Crippen molar-refractivity contribution in [2.75, 3.05) is 26.1 Å². The van der Waals surface area contributed by atoms with Crippen molar-refractivity contribution in [3.8, 4) is 17.6 Å². The van der Waals surface area contributed by atoms with Crippen LogP contribution in [-0.4, -0.2) is 32.7 Å². The Kier molecular flexibility index (Phi) is 6.57. The minimum Gasteiger partial charge on any atom is -0.497 e. The Bertz CT molecular complexity index is 825. The van der Waals surface area contributed by atoms with Gasteiger partial charge < -0.3 is 19.5 Å². The van der Waals surface area contributed by atoms with Crippen molar-refractivity contribution < 1.29 is 23.8 Å². The fourth-order valence-corrected chi connectivity index (χ4v) is 2.17. The summed E-state index contributed by atoms with van der Waals surface area (Å²) in [6, 6.07) is 13.6. The molecule has 7 nitrogen and oxygen atoms in total. The maximum atomic E-state index is 12.1. The van der Waals surface area contributed by atoms with Crippen molar-refractivity contribution in [3.05, 3.63) is 53.6 Å². The molecule has 0 aliphatic carbocycles. The number of benzene rings is 2. The molecule has 0 aromatic heterocycles. The first-order valence-corrected chi connectivity index (χ1v) is 7.72. The van der Waals surface area contributed by atoms with E-state index < -0.39 is 18.5 Å². The lowest BCUT2D eigenvalue weighted by Gasteiger charge is -2.10. The SMILES string of the molecule is COc1ccc(C(=O)OCC(=O)Nc2ccc(CC#N)cc2)c(OC)c1. The Morgan fingerprint density at radius 1 is 1.08 bits per heavy atom. The smallest absolute Gasteiger partial charge is 0.342 e. The molecule has 1 amide bonds. The summed E-state index contributed by atoms with van der Waals surface area (Å²) in [6.45, 7) is -0.437. The molecule has 0 saturated carbocycles. The normalized spacial score (nSPS) is 9.73. The fraction of sp³-hybridized carbons (Fsp3) is 0.211. The third-order valence-corrected chi connectivity index (χ3v) is 3.48. The van der Waals surface area contributed by atoms with Crippen LogP contribution < -0.4 is 14.8 Å². The van der Waals surface area contributed by atoms with Crippen molar-refractivity contribution in [1.29, 1.82) is 5.26 Å². The van der Waals surface area contributed by atoms with E-state index in [1.807, 2.05) is 6.07 Å². The van der Waals surface area contributed by atoms with Crippen LogP contribution in [0.15, 0.2) is 42.5 Å². The third-order valence-electron chi connectivity index (χ3n) is 3.48. The molecule has 2 aromatic carbocycles. The Morgan fingerprint density at radius 2 is 1.81 bits per heavy atom. The van der Waals surface area contributed by atoms with Crippen LogP contribution in [0.5, 0.6) is 11.5 Å². The second-order valence-corrected chi connectivity index (χ2v) is 5.22. The van der Waals surface area contributed by atoms with Gasteiger partial charge >= 0.3 is 5.97 Å². The highest BCUT2D eigenvalue weighted by atomic mass is 16.5. The van der Waals surface area contributed by atoms with Crippen LogP contribution in [0.3, 0.4) is 0 Å². The Labute approximate surface area is 151 Å². The standard InChI is InChI=1S/C19H18N2O5/c1-24-15-7-8-16(17(11-15)25-2)19(23)26-12-18(22)21-14-5-3-13(4-6-14)9-10-20/h3-8,11H,9,12H2,1-2H3,(H,21,22). The first-order chi connectivity index (χ1) is 12.6. The van der Waals surface area contributed by atoms with Gasteiger partial charge in [-0.2, -0.15) is 5.26 Å². The van der Waals surface area contributed by atoms with E-state index in [-0.39, 0.29) is 5.56 Å². The number of amides is 1. The average Bonchev–Trinajstić information content (AvgIpc) is 2.67. The third kappa shape index (κ3) is 4.98. The molecule has 0 radical (unpaired) electrons. The van der Waals surface area contributed by atoms with Crippen molar-refractivity contribution in [3.63, 3.8) is 0 Å². The summed E-state index contributed by atoms with van der Waals surface area (Å²) >= 11 is 0. The minimum absolute atomic E-state index is 0.196. The highest BCUT2D eigenvalue weighted by Gasteiger charge is 2.16. The largest absolute Gasteiger partial charge is 0.497 e. The number of methoxy groups -OCH3 is 2. The van der Waals surface area contributed by atoms with E-state index in [0.717, 1.165) is 5.56 Å². The van der Waals surface area contributed by atoms with Crippen molar-refractivity contribution in [2.45, 2.75) is 6.42 Å². The van der Waals surface area contributed by atoms with Gasteiger partial charge in [0.05, 0.1) is 26.7 Å². The predicted octanol–water partition coefficient (Wildman–Crippen LogP) is 2.57. The van der Waals surface area contributed by atoms with E-state index in [1.165, 1.54) is 20.3 Å². The predicted molar refractivity (Wildman–Crippen MR) is 94.2 cm³/mol. The van der Waals surface area contributed by atoms with Gasteiger partial charge in [0.2, 0.25) is 0 Å². The number of ether oxygens (including phenoxy) is 3. The Morgan fingerprint density at radius 3 is 2.42 bits per heavy atom. The van der Waals surface area contributed by atoms with Crippen molar-refractivity contribution >= 4 is 17.6 Å². The molecule has 0 unspecified atom stereocenters. The molecule has 134 valence electrons. The number of carbonyl (C=O) groups is 2. The van der Waals surface area contributed by atoms with E-state index in [9.17, 15) is 9.59 Å². The van der Waals surface area contributed by atoms with Gasteiger partial charge in [-0.1, -0.05) is 12.1 Å². The zero-order valence-corrected chi connectivity index (χ0v) is 14.4. The van der Waals surface area contributed by atoms with Gasteiger partial charge in [-0.25, -0.2) is 4.79 Å². The topological polar surface area (TPSA) is 97.6 Å². The number of rotatable bonds is 7. The quantitative estimate of drug-likeness (QED) is 0.768. The molecule has 7 heteroatoms. The van der Waals surface area contributed by atoms with E-state index >= 15 is 0 Å². The number of nitrogens with one attached hydrogen (secondary N) is 1. The summed E-state index contributed by atoms with van der Waals surface area (Å²) in [5.41, 5.74) is 1.60. The summed E-state index contributed by atoms with van der Waals surface area (Å²) in [5.74, 6) is -0.318. The van der Waals surface area contributed by atoms with Gasteiger partial charge in [0.25, 0.3) is 5.91 Å². The van der Waals surface area contributed by atoms with Gasteiger partial charge in [0, 0.05) is 11.8 Å². The lowest BCUT2D eigenvalue weighted by Crippen LogP contribution is -2.21. The lowest BCUT2D eigenvalue weighted by atomic mass is 10.1. The molecule has 0 aliphatic rings. The Hall–Kier alpha value is -3.53. The highest BCUT2D eigenvalue weighted by molar-refractivity contribution is 5.96. The molecule has 0 atom stereocenters. The molecule has 1 N–H and O–H groups in total. The van der Waals surface area contributed by atoms with Crippen LogP contribution in [0.1, 0.15) is 15.9 Å². The molecular formula is C19H18N2O5. The fourth-order valence-electron chi connectivity index (χ4n) is 2.17. The van der Waals surface area contributed by atoms with Gasteiger partial charge in [0.15, 0.2) is 6.61 Å². The van der Waals surface area contributed by atoms with Gasteiger partial charge in [0.1, 0.15) is 17.1 Å². The number of anilines is 1. The van der Waals surface area contributed by atoms with Crippen LogP contribution in [0, 0.1) is 11.3 Å². The monoisotopic (exact) mass is 354 g/mol. The highest BCUT2D eigenvalue weighted by Crippen LogP contribution is 2.25. The summed E-state index contributed by atoms with van der Waals surface area (Å²) < 4.78 is 15.2. The number of nitriles is 1. The number of esters is 1. The summed E-state index contributed by atoms with van der Waals surface area (Å²) in [7, 11) is 2.93.